The van der Waals surface area contributed by atoms with Gasteiger partial charge in [-0.2, -0.15) is 5.10 Å². The average molecular weight is 252 g/mol. The van der Waals surface area contributed by atoms with Crippen LogP contribution < -0.4 is 10.6 Å². The van der Waals surface area contributed by atoms with Gasteiger partial charge >= 0.3 is 6.09 Å². The second kappa shape index (κ2) is 4.97. The van der Waals surface area contributed by atoms with E-state index < -0.39 is 11.7 Å². The topological polar surface area (TPSA) is 79.0 Å². The maximum Gasteiger partial charge on any atom is 0.413 e. The van der Waals surface area contributed by atoms with Gasteiger partial charge in [-0.1, -0.05) is 0 Å². The molecule has 1 amide bonds. The second-order valence-electron chi connectivity index (χ2n) is 5.55. The predicted octanol–water partition coefficient (Wildman–Crippen LogP) is 2.01. The molecule has 0 saturated heterocycles. The Kier molecular flexibility index (Phi) is 3.56. The van der Waals surface area contributed by atoms with Gasteiger partial charge in [-0.05, 0) is 33.6 Å². The first-order chi connectivity index (χ1) is 8.44. The summed E-state index contributed by atoms with van der Waals surface area (Å²) in [7, 11) is 0. The van der Waals surface area contributed by atoms with Crippen LogP contribution in [0.1, 0.15) is 39.2 Å². The SMILES string of the molecule is CC(C)(C)OC(=O)Nc1[nH]ncc1CNC1CC1. The van der Waals surface area contributed by atoms with E-state index in [2.05, 4.69) is 20.8 Å². The Balaban J connectivity index is 1.87. The van der Waals surface area contributed by atoms with Crippen LogP contribution in [0.15, 0.2) is 6.20 Å². The Bertz CT molecular complexity index is 418. The zero-order valence-corrected chi connectivity index (χ0v) is 11.0. The van der Waals surface area contributed by atoms with Crippen molar-refractivity contribution in [3.63, 3.8) is 0 Å². The lowest BCUT2D eigenvalue weighted by Crippen LogP contribution is -2.28. The summed E-state index contributed by atoms with van der Waals surface area (Å²) in [6.07, 6.45) is 3.70. The van der Waals surface area contributed by atoms with Gasteiger partial charge in [0, 0.05) is 18.2 Å². The number of nitrogens with one attached hydrogen (secondary N) is 3. The summed E-state index contributed by atoms with van der Waals surface area (Å²) in [5.41, 5.74) is 0.434. The third kappa shape index (κ3) is 4.03. The van der Waals surface area contributed by atoms with Gasteiger partial charge in [-0.25, -0.2) is 4.79 Å². The zero-order valence-electron chi connectivity index (χ0n) is 11.0. The fourth-order valence-corrected chi connectivity index (χ4v) is 1.50. The van der Waals surface area contributed by atoms with Crippen LogP contribution >= 0.6 is 0 Å². The minimum atomic E-state index is -0.503. The van der Waals surface area contributed by atoms with Crippen molar-refractivity contribution in [2.75, 3.05) is 5.32 Å². The van der Waals surface area contributed by atoms with Gasteiger partial charge in [-0.15, -0.1) is 0 Å². The number of anilines is 1. The number of hydrogen-bond donors (Lipinski definition) is 3. The molecule has 0 bridgehead atoms. The third-order valence-corrected chi connectivity index (χ3v) is 2.50. The van der Waals surface area contributed by atoms with Gasteiger partial charge in [0.2, 0.25) is 0 Å². The highest BCUT2D eigenvalue weighted by molar-refractivity contribution is 5.84. The Labute approximate surface area is 106 Å². The molecule has 0 aliphatic heterocycles. The first-order valence-electron chi connectivity index (χ1n) is 6.20. The number of nitrogens with zero attached hydrogens (tertiary/aromatic N) is 1. The van der Waals surface area contributed by atoms with Gasteiger partial charge in [-0.3, -0.25) is 10.4 Å². The standard InChI is InChI=1S/C12H20N4O2/c1-12(2,3)18-11(17)15-10-8(7-14-16-10)6-13-9-4-5-9/h7,9,13H,4-6H2,1-3H3,(H2,14,15,16,17). The molecule has 1 saturated carbocycles. The molecule has 1 heterocycles. The predicted molar refractivity (Wildman–Crippen MR) is 68.3 cm³/mol. The van der Waals surface area contributed by atoms with E-state index in [1.54, 1.807) is 6.20 Å². The number of carbonyl (C=O) groups excluding carboxylic acids is 1. The molecule has 3 N–H and O–H groups in total. The van der Waals surface area contributed by atoms with Gasteiger partial charge in [0.1, 0.15) is 11.4 Å². The molecular weight excluding hydrogens is 232 g/mol. The molecular formula is C12H20N4O2. The van der Waals surface area contributed by atoms with E-state index >= 15 is 0 Å². The summed E-state index contributed by atoms with van der Waals surface area (Å²) in [5, 5.41) is 12.7. The van der Waals surface area contributed by atoms with Crippen LogP contribution in [-0.4, -0.2) is 27.9 Å². The van der Waals surface area contributed by atoms with Crippen molar-refractivity contribution in [1.82, 2.24) is 15.5 Å². The van der Waals surface area contributed by atoms with Gasteiger partial charge < -0.3 is 10.1 Å². The van der Waals surface area contributed by atoms with Crippen LogP contribution in [0.25, 0.3) is 0 Å². The molecule has 6 heteroatoms. The second-order valence-corrected chi connectivity index (χ2v) is 5.55. The molecule has 1 aromatic rings. The van der Waals surface area contributed by atoms with E-state index in [4.69, 9.17) is 4.74 Å². The lowest BCUT2D eigenvalue weighted by atomic mass is 10.2. The van der Waals surface area contributed by atoms with E-state index in [-0.39, 0.29) is 0 Å². The lowest BCUT2D eigenvalue weighted by Gasteiger charge is -2.19. The summed E-state index contributed by atoms with van der Waals surface area (Å²) in [5.74, 6) is 0.595. The van der Waals surface area contributed by atoms with Crippen LogP contribution in [-0.2, 0) is 11.3 Å². The number of amides is 1. The van der Waals surface area contributed by atoms with Gasteiger partial charge in [0.25, 0.3) is 0 Å². The number of hydrogen-bond acceptors (Lipinski definition) is 4. The zero-order chi connectivity index (χ0) is 13.2. The lowest BCUT2D eigenvalue weighted by molar-refractivity contribution is 0.0635. The Morgan fingerprint density at radius 3 is 2.89 bits per heavy atom. The smallest absolute Gasteiger partial charge is 0.413 e. The van der Waals surface area contributed by atoms with Crippen LogP contribution in [0.4, 0.5) is 10.6 Å². The van der Waals surface area contributed by atoms with E-state index in [9.17, 15) is 4.79 Å². The molecule has 100 valence electrons. The van der Waals surface area contributed by atoms with Crippen LogP contribution in [0.2, 0.25) is 0 Å². The molecule has 0 unspecified atom stereocenters. The number of ether oxygens (including phenoxy) is 1. The highest BCUT2D eigenvalue weighted by atomic mass is 16.6. The highest BCUT2D eigenvalue weighted by Gasteiger charge is 2.22. The van der Waals surface area contributed by atoms with E-state index in [1.165, 1.54) is 12.8 Å². The monoisotopic (exact) mass is 252 g/mol. The number of aromatic nitrogens is 2. The molecule has 1 aliphatic carbocycles. The quantitative estimate of drug-likeness (QED) is 0.766. The van der Waals surface area contributed by atoms with Crippen molar-refractivity contribution in [3.05, 3.63) is 11.8 Å². The van der Waals surface area contributed by atoms with Crippen LogP contribution in [0.3, 0.4) is 0 Å². The highest BCUT2D eigenvalue weighted by Crippen LogP contribution is 2.20. The fraction of sp³-hybridized carbons (Fsp3) is 0.667. The molecule has 1 aliphatic rings. The van der Waals surface area contributed by atoms with Crippen molar-refractivity contribution < 1.29 is 9.53 Å². The maximum atomic E-state index is 11.6. The number of carbonyl (C=O) groups is 1. The molecule has 1 aromatic heterocycles. The van der Waals surface area contributed by atoms with Crippen molar-refractivity contribution in [2.24, 2.45) is 0 Å². The molecule has 18 heavy (non-hydrogen) atoms. The Morgan fingerprint density at radius 2 is 2.28 bits per heavy atom. The van der Waals surface area contributed by atoms with Crippen molar-refractivity contribution >= 4 is 11.9 Å². The van der Waals surface area contributed by atoms with E-state index in [0.29, 0.717) is 18.4 Å². The Morgan fingerprint density at radius 1 is 1.56 bits per heavy atom. The maximum absolute atomic E-state index is 11.6. The molecule has 6 nitrogen and oxygen atoms in total. The summed E-state index contributed by atoms with van der Waals surface area (Å²) in [6, 6.07) is 0.620. The molecule has 2 rings (SSSR count). The average Bonchev–Trinajstić information content (AvgIpc) is 2.95. The third-order valence-electron chi connectivity index (χ3n) is 2.50. The minimum Gasteiger partial charge on any atom is -0.444 e. The molecule has 0 spiro atoms. The first-order valence-corrected chi connectivity index (χ1v) is 6.20. The largest absolute Gasteiger partial charge is 0.444 e. The fourth-order valence-electron chi connectivity index (χ4n) is 1.50. The van der Waals surface area contributed by atoms with Crippen LogP contribution in [0, 0.1) is 0 Å². The molecule has 1 fully saturated rings. The number of rotatable bonds is 4. The van der Waals surface area contributed by atoms with Crippen molar-refractivity contribution in [1.29, 1.82) is 0 Å². The molecule has 0 atom stereocenters. The van der Waals surface area contributed by atoms with Crippen LogP contribution in [0.5, 0.6) is 0 Å². The summed E-state index contributed by atoms with van der Waals surface area (Å²) in [4.78, 5) is 11.6. The van der Waals surface area contributed by atoms with Gasteiger partial charge in [0.15, 0.2) is 0 Å². The summed E-state index contributed by atoms with van der Waals surface area (Å²) >= 11 is 0. The van der Waals surface area contributed by atoms with E-state index in [1.807, 2.05) is 20.8 Å². The van der Waals surface area contributed by atoms with Crippen molar-refractivity contribution in [2.45, 2.75) is 51.8 Å². The molecule has 0 aromatic carbocycles. The summed E-state index contributed by atoms with van der Waals surface area (Å²) in [6.45, 7) is 6.19. The normalized spacial score (nSPS) is 15.5. The number of aromatic amines is 1. The summed E-state index contributed by atoms with van der Waals surface area (Å²) < 4.78 is 5.19. The van der Waals surface area contributed by atoms with Crippen molar-refractivity contribution in [3.8, 4) is 0 Å². The Hall–Kier alpha value is -1.56. The number of H-pyrrole nitrogens is 1. The van der Waals surface area contributed by atoms with Gasteiger partial charge in [0.05, 0.1) is 6.20 Å². The molecule has 0 radical (unpaired) electrons. The van der Waals surface area contributed by atoms with E-state index in [0.717, 1.165) is 5.56 Å². The minimum absolute atomic E-state index is 0.473. The first kappa shape index (κ1) is 12.9.